The third kappa shape index (κ3) is 6.16. The van der Waals surface area contributed by atoms with Crippen molar-refractivity contribution < 1.29 is 31.5 Å². The van der Waals surface area contributed by atoms with Crippen LogP contribution in [-0.2, 0) is 14.6 Å². The van der Waals surface area contributed by atoms with E-state index in [9.17, 15) is 31.5 Å². The van der Waals surface area contributed by atoms with Crippen molar-refractivity contribution in [1.29, 1.82) is 0 Å². The smallest absolute Gasteiger partial charge is 0.373 e. The van der Waals surface area contributed by atoms with Crippen molar-refractivity contribution in [3.63, 3.8) is 0 Å². The molecule has 6 nitrogen and oxygen atoms in total. The number of amides is 1. The van der Waals surface area contributed by atoms with Crippen LogP contribution < -0.4 is 5.32 Å². The van der Waals surface area contributed by atoms with Gasteiger partial charge in [0.1, 0.15) is 0 Å². The van der Waals surface area contributed by atoms with Crippen molar-refractivity contribution in [3.8, 4) is 0 Å². The lowest BCUT2D eigenvalue weighted by Crippen LogP contribution is -2.52. The molecule has 2 N–H and O–H groups in total. The summed E-state index contributed by atoms with van der Waals surface area (Å²) in [6.45, 7) is 1.17. The first-order chi connectivity index (χ1) is 14.7. The lowest BCUT2D eigenvalue weighted by Gasteiger charge is -2.25. The Kier molecular flexibility index (Phi) is 8.27. The molecule has 0 radical (unpaired) electrons. The second kappa shape index (κ2) is 10.0. The molecule has 1 atom stereocenters. The maximum atomic E-state index is 12.9. The minimum absolute atomic E-state index is 0.0160. The van der Waals surface area contributed by atoms with Gasteiger partial charge in [0.2, 0.25) is 15.4 Å². The van der Waals surface area contributed by atoms with Crippen molar-refractivity contribution in [2.75, 3.05) is 31.7 Å². The first-order valence-electron chi connectivity index (χ1n) is 9.19. The zero-order chi connectivity index (χ0) is 24.3. The number of benzene rings is 2. The number of carbonyl (C=O) groups excluding carboxylic acids is 1. The normalized spacial score (nSPS) is 14.3. The monoisotopic (exact) mass is 510 g/mol. The van der Waals surface area contributed by atoms with Gasteiger partial charge in [-0.1, -0.05) is 11.6 Å². The highest BCUT2D eigenvalue weighted by atomic mass is 35.5. The van der Waals surface area contributed by atoms with Crippen LogP contribution in [0.5, 0.6) is 0 Å². The van der Waals surface area contributed by atoms with E-state index in [1.165, 1.54) is 12.1 Å². The van der Waals surface area contributed by atoms with E-state index in [2.05, 4.69) is 0 Å². The van der Waals surface area contributed by atoms with E-state index in [0.29, 0.717) is 6.92 Å². The maximum Gasteiger partial charge on any atom is 0.426 e. The molecule has 0 saturated heterocycles. The molecular formula is C20H22ClF3N2O4S2. The molecule has 2 aromatic rings. The molecule has 0 aromatic heterocycles. The molecule has 1 amide bonds. The third-order valence-electron chi connectivity index (χ3n) is 4.43. The van der Waals surface area contributed by atoms with Crippen molar-refractivity contribution in [1.82, 2.24) is 4.90 Å². The number of thioether (sulfide) groups is 1. The summed E-state index contributed by atoms with van der Waals surface area (Å²) in [5.41, 5.74) is -3.92. The second-order valence-corrected chi connectivity index (χ2v) is 10.8. The molecule has 0 bridgehead atoms. The maximum absolute atomic E-state index is 12.9. The fourth-order valence-corrected chi connectivity index (χ4v) is 4.93. The number of carbonyl (C=O) groups is 1. The Hall–Kier alpha value is -1.79. The first-order valence-corrected chi connectivity index (χ1v) is 12.0. The van der Waals surface area contributed by atoms with Gasteiger partial charge in [-0.25, -0.2) is 8.42 Å². The zero-order valence-electron chi connectivity index (χ0n) is 17.4. The molecule has 0 aliphatic heterocycles. The van der Waals surface area contributed by atoms with Crippen LogP contribution in [0.3, 0.4) is 0 Å². The van der Waals surface area contributed by atoms with Crippen LogP contribution in [0.4, 0.5) is 18.9 Å². The van der Waals surface area contributed by atoms with E-state index in [4.69, 9.17) is 11.6 Å². The lowest BCUT2D eigenvalue weighted by atomic mass is 10.1. The van der Waals surface area contributed by atoms with E-state index in [1.807, 2.05) is 24.3 Å². The van der Waals surface area contributed by atoms with E-state index < -0.39 is 27.5 Å². The van der Waals surface area contributed by atoms with Gasteiger partial charge in [0.15, 0.2) is 0 Å². The minimum atomic E-state index is -5.20. The summed E-state index contributed by atoms with van der Waals surface area (Å²) in [6.07, 6.45) is -5.20. The largest absolute Gasteiger partial charge is 0.426 e. The highest BCUT2D eigenvalue weighted by Gasteiger charge is 2.55. The molecule has 1 unspecified atom stereocenters. The number of hydrogen-bond donors (Lipinski definition) is 2. The van der Waals surface area contributed by atoms with Gasteiger partial charge in [-0.05, 0) is 63.5 Å². The number of anilines is 1. The molecule has 2 rings (SSSR count). The summed E-state index contributed by atoms with van der Waals surface area (Å²) in [4.78, 5) is 14.6. The number of halogens is 4. The number of alkyl halides is 3. The number of nitrogens with zero attached hydrogens (tertiary/aromatic N) is 1. The van der Waals surface area contributed by atoms with Crippen molar-refractivity contribution >= 4 is 44.8 Å². The molecule has 176 valence electrons. The molecule has 32 heavy (non-hydrogen) atoms. The highest BCUT2D eigenvalue weighted by Crippen LogP contribution is 2.33. The number of aliphatic hydroxyl groups is 1. The highest BCUT2D eigenvalue weighted by molar-refractivity contribution is 7.99. The van der Waals surface area contributed by atoms with Gasteiger partial charge < -0.3 is 15.3 Å². The molecule has 0 fully saturated rings. The molecule has 2 aromatic carbocycles. The number of sulfone groups is 1. The van der Waals surface area contributed by atoms with Crippen LogP contribution in [0, 0.1) is 0 Å². The Labute approximate surface area is 193 Å². The topological polar surface area (TPSA) is 86.7 Å². The Balaban J connectivity index is 2.20. The van der Waals surface area contributed by atoms with Crippen LogP contribution in [0.25, 0.3) is 0 Å². The number of rotatable bonds is 8. The standard InChI is InChI=1S/C20H22ClF3N2O4S2/c1-19(28,20(22,23)24)18(27)25-17-9-8-15(12-16(17)21)32(29,30)14-6-4-13(5-7-14)31-11-10-26(2)3/h4-9,12,28H,10-11H2,1-3H3,(H,25,27). The summed E-state index contributed by atoms with van der Waals surface area (Å²) in [7, 11) is -0.0427. The SMILES string of the molecule is CN(C)CCSc1ccc(S(=O)(=O)c2ccc(NC(=O)C(C)(O)C(F)(F)F)c(Cl)c2)cc1. The average molecular weight is 511 g/mol. The molecule has 0 spiro atoms. The Morgan fingerprint density at radius 3 is 2.19 bits per heavy atom. The lowest BCUT2D eigenvalue weighted by molar-refractivity contribution is -0.242. The Morgan fingerprint density at radius 2 is 1.69 bits per heavy atom. The molecule has 0 aliphatic rings. The van der Waals surface area contributed by atoms with Gasteiger partial charge in [0.25, 0.3) is 5.91 Å². The van der Waals surface area contributed by atoms with Crippen LogP contribution in [0.1, 0.15) is 6.92 Å². The van der Waals surface area contributed by atoms with Gasteiger partial charge in [-0.2, -0.15) is 13.2 Å². The summed E-state index contributed by atoms with van der Waals surface area (Å²) >= 11 is 7.57. The van der Waals surface area contributed by atoms with E-state index >= 15 is 0 Å². The van der Waals surface area contributed by atoms with E-state index in [-0.39, 0.29) is 20.5 Å². The predicted octanol–water partition coefficient (Wildman–Crippen LogP) is 4.08. The predicted molar refractivity (Wildman–Crippen MR) is 118 cm³/mol. The Morgan fingerprint density at radius 1 is 1.12 bits per heavy atom. The van der Waals surface area contributed by atoms with E-state index in [1.54, 1.807) is 23.9 Å². The molecule has 0 saturated carbocycles. The molecule has 0 heterocycles. The number of hydrogen-bond acceptors (Lipinski definition) is 6. The average Bonchev–Trinajstić information content (AvgIpc) is 2.68. The summed E-state index contributed by atoms with van der Waals surface area (Å²) in [5.74, 6) is -0.909. The minimum Gasteiger partial charge on any atom is -0.373 e. The van der Waals surface area contributed by atoms with E-state index in [0.717, 1.165) is 35.4 Å². The molecule has 12 heteroatoms. The number of nitrogens with one attached hydrogen (secondary N) is 1. The van der Waals surface area contributed by atoms with Gasteiger partial charge in [-0.3, -0.25) is 4.79 Å². The van der Waals surface area contributed by atoms with Crippen LogP contribution in [-0.4, -0.2) is 62.5 Å². The summed E-state index contributed by atoms with van der Waals surface area (Å²) < 4.78 is 64.2. The Bertz CT molecular complexity index is 1070. The third-order valence-corrected chi connectivity index (χ3v) is 7.51. The van der Waals surface area contributed by atoms with Crippen LogP contribution >= 0.6 is 23.4 Å². The second-order valence-electron chi connectivity index (χ2n) is 7.29. The fourth-order valence-electron chi connectivity index (χ4n) is 2.33. The van der Waals surface area contributed by atoms with Gasteiger partial charge in [0, 0.05) is 17.2 Å². The van der Waals surface area contributed by atoms with Crippen molar-refractivity contribution in [3.05, 3.63) is 47.5 Å². The zero-order valence-corrected chi connectivity index (χ0v) is 19.8. The molecule has 0 aliphatic carbocycles. The van der Waals surface area contributed by atoms with Crippen LogP contribution in [0.2, 0.25) is 5.02 Å². The van der Waals surface area contributed by atoms with Crippen molar-refractivity contribution in [2.45, 2.75) is 33.4 Å². The first kappa shape index (κ1) is 26.5. The van der Waals surface area contributed by atoms with Gasteiger partial charge in [0.05, 0.1) is 20.5 Å². The van der Waals surface area contributed by atoms with Crippen molar-refractivity contribution in [2.24, 2.45) is 0 Å². The van der Waals surface area contributed by atoms with Gasteiger partial charge in [-0.15, -0.1) is 11.8 Å². The van der Waals surface area contributed by atoms with Crippen LogP contribution in [0.15, 0.2) is 57.2 Å². The summed E-state index contributed by atoms with van der Waals surface area (Å²) in [5, 5.41) is 11.0. The molecular weight excluding hydrogens is 489 g/mol. The fraction of sp³-hybridized carbons (Fsp3) is 0.350. The quantitative estimate of drug-likeness (QED) is 0.520. The summed E-state index contributed by atoms with van der Waals surface area (Å²) in [6, 6.07) is 9.47. The van der Waals surface area contributed by atoms with Gasteiger partial charge >= 0.3 is 6.18 Å².